The van der Waals surface area contributed by atoms with E-state index in [1.165, 1.54) is 22.7 Å². The molecule has 0 aliphatic carbocycles. The number of carbonyl (C=O) groups excluding carboxylic acids is 2. The van der Waals surface area contributed by atoms with Crippen molar-refractivity contribution in [3.8, 4) is 5.75 Å². The number of amides is 1. The molecular formula is C21H19N3O4S2. The lowest BCUT2D eigenvalue weighted by molar-refractivity contribution is -0.143. The van der Waals surface area contributed by atoms with E-state index < -0.39 is 0 Å². The number of aromatic nitrogens is 2. The molecule has 0 unspecified atom stereocenters. The zero-order valence-corrected chi connectivity index (χ0v) is 18.1. The van der Waals surface area contributed by atoms with Crippen LogP contribution in [0.15, 0.2) is 46.9 Å². The van der Waals surface area contributed by atoms with Crippen LogP contribution in [0.3, 0.4) is 0 Å². The lowest BCUT2D eigenvalue weighted by Gasteiger charge is -2.06. The fourth-order valence-corrected chi connectivity index (χ4v) is 4.80. The van der Waals surface area contributed by atoms with Gasteiger partial charge >= 0.3 is 5.97 Å². The molecule has 2 aromatic carbocycles. The van der Waals surface area contributed by atoms with E-state index in [-0.39, 0.29) is 25.0 Å². The third-order valence-electron chi connectivity index (χ3n) is 4.33. The normalized spacial score (nSPS) is 11.9. The van der Waals surface area contributed by atoms with Gasteiger partial charge in [-0.2, -0.15) is 4.99 Å². The number of ether oxygens (including phenoxy) is 2. The number of hydrogen-bond acceptors (Lipinski definition) is 7. The molecule has 0 radical (unpaired) electrons. The molecule has 0 saturated heterocycles. The number of carbonyl (C=O) groups is 2. The quantitative estimate of drug-likeness (QED) is 0.422. The molecule has 0 N–H and O–H groups in total. The first kappa shape index (κ1) is 20.2. The number of rotatable bonds is 6. The van der Waals surface area contributed by atoms with Crippen LogP contribution in [0.5, 0.6) is 5.75 Å². The highest BCUT2D eigenvalue weighted by Crippen LogP contribution is 2.24. The topological polar surface area (TPSA) is 82.8 Å². The number of benzene rings is 2. The third-order valence-corrected chi connectivity index (χ3v) is 6.17. The van der Waals surface area contributed by atoms with Crippen molar-refractivity contribution >= 4 is 55.0 Å². The number of thiazole rings is 2. The van der Waals surface area contributed by atoms with Crippen molar-refractivity contribution in [3.05, 3.63) is 52.3 Å². The fraction of sp³-hybridized carbons (Fsp3) is 0.238. The Bertz CT molecular complexity index is 1300. The monoisotopic (exact) mass is 441 g/mol. The van der Waals surface area contributed by atoms with Gasteiger partial charge in [-0.1, -0.05) is 11.3 Å². The summed E-state index contributed by atoms with van der Waals surface area (Å²) >= 11 is 2.80. The predicted molar refractivity (Wildman–Crippen MR) is 117 cm³/mol. The zero-order valence-electron chi connectivity index (χ0n) is 16.5. The fourth-order valence-electron chi connectivity index (χ4n) is 3.02. The van der Waals surface area contributed by atoms with Crippen LogP contribution in [-0.2, 0) is 16.1 Å². The zero-order chi connectivity index (χ0) is 21.1. The Morgan fingerprint density at radius 1 is 1.10 bits per heavy atom. The molecule has 7 nitrogen and oxygen atoms in total. The van der Waals surface area contributed by atoms with Gasteiger partial charge < -0.3 is 14.0 Å². The Morgan fingerprint density at radius 3 is 2.77 bits per heavy atom. The molecule has 154 valence electrons. The van der Waals surface area contributed by atoms with Gasteiger partial charge in [0.25, 0.3) is 5.91 Å². The van der Waals surface area contributed by atoms with Gasteiger partial charge in [0.2, 0.25) is 0 Å². The summed E-state index contributed by atoms with van der Waals surface area (Å²) < 4.78 is 14.2. The van der Waals surface area contributed by atoms with Crippen LogP contribution in [0, 0.1) is 0 Å². The molecule has 1 amide bonds. The molecule has 2 heterocycles. The van der Waals surface area contributed by atoms with Crippen LogP contribution in [-0.4, -0.2) is 34.6 Å². The van der Waals surface area contributed by atoms with Crippen molar-refractivity contribution in [2.24, 2.45) is 4.99 Å². The molecule has 0 saturated carbocycles. The van der Waals surface area contributed by atoms with Gasteiger partial charge in [0.15, 0.2) is 4.80 Å². The summed E-state index contributed by atoms with van der Waals surface area (Å²) in [4.78, 5) is 34.0. The maximum Gasteiger partial charge on any atom is 0.326 e. The standard InChI is InChI=1S/C21H19N3O4S2/c1-3-27-14-6-8-16-18(10-14)30-21(24(16)11-19(25)28-4-2)23-20(26)13-5-7-15-17(9-13)29-12-22-15/h5-10,12H,3-4,11H2,1-2H3. The summed E-state index contributed by atoms with van der Waals surface area (Å²) in [7, 11) is 0. The first-order valence-corrected chi connectivity index (χ1v) is 11.1. The SMILES string of the molecule is CCOC(=O)Cn1c(=NC(=O)c2ccc3ncsc3c2)sc2cc(OCC)ccc21. The Labute approximate surface area is 180 Å². The highest BCUT2D eigenvalue weighted by Gasteiger charge is 2.14. The number of esters is 1. The summed E-state index contributed by atoms with van der Waals surface area (Å²) in [6, 6.07) is 10.9. The van der Waals surface area contributed by atoms with Crippen molar-refractivity contribution in [1.29, 1.82) is 0 Å². The van der Waals surface area contributed by atoms with E-state index in [1.54, 1.807) is 35.2 Å². The molecular weight excluding hydrogens is 422 g/mol. The summed E-state index contributed by atoms with van der Waals surface area (Å²) in [5, 5.41) is 0. The first-order valence-electron chi connectivity index (χ1n) is 9.43. The van der Waals surface area contributed by atoms with Gasteiger partial charge in [-0.3, -0.25) is 9.59 Å². The van der Waals surface area contributed by atoms with E-state index in [4.69, 9.17) is 9.47 Å². The van der Waals surface area contributed by atoms with Crippen LogP contribution in [0.4, 0.5) is 0 Å². The molecule has 0 fully saturated rings. The van der Waals surface area contributed by atoms with Gasteiger partial charge in [0.1, 0.15) is 12.3 Å². The van der Waals surface area contributed by atoms with Gasteiger partial charge in [-0.25, -0.2) is 4.98 Å². The molecule has 0 aliphatic heterocycles. The van der Waals surface area contributed by atoms with Gasteiger partial charge in [0, 0.05) is 5.56 Å². The molecule has 4 aromatic rings. The van der Waals surface area contributed by atoms with Gasteiger partial charge in [-0.05, 0) is 50.2 Å². The van der Waals surface area contributed by atoms with Gasteiger partial charge in [0.05, 0.1) is 39.2 Å². The highest BCUT2D eigenvalue weighted by atomic mass is 32.1. The van der Waals surface area contributed by atoms with Crippen LogP contribution in [0.25, 0.3) is 20.4 Å². The van der Waals surface area contributed by atoms with Crippen molar-refractivity contribution in [3.63, 3.8) is 0 Å². The third kappa shape index (κ3) is 4.12. The summed E-state index contributed by atoms with van der Waals surface area (Å²) in [6.07, 6.45) is 0. The van der Waals surface area contributed by atoms with Crippen molar-refractivity contribution in [1.82, 2.24) is 9.55 Å². The first-order chi connectivity index (χ1) is 14.6. The second kappa shape index (κ2) is 8.76. The number of fused-ring (bicyclic) bond motifs is 2. The minimum absolute atomic E-state index is 0.0260. The molecule has 2 aromatic heterocycles. The lowest BCUT2D eigenvalue weighted by Crippen LogP contribution is -2.23. The Balaban J connectivity index is 1.79. The second-order valence-electron chi connectivity index (χ2n) is 6.29. The molecule has 4 rings (SSSR count). The van der Waals surface area contributed by atoms with Crippen LogP contribution >= 0.6 is 22.7 Å². The maximum atomic E-state index is 12.9. The van der Waals surface area contributed by atoms with E-state index in [0.29, 0.717) is 17.0 Å². The summed E-state index contributed by atoms with van der Waals surface area (Å²) in [6.45, 7) is 4.49. The van der Waals surface area contributed by atoms with E-state index in [0.717, 1.165) is 26.2 Å². The second-order valence-corrected chi connectivity index (χ2v) is 8.19. The predicted octanol–water partition coefficient (Wildman–Crippen LogP) is 4.02. The Hall–Kier alpha value is -3.04. The smallest absolute Gasteiger partial charge is 0.326 e. The Kier molecular flexibility index (Phi) is 5.91. The van der Waals surface area contributed by atoms with E-state index in [9.17, 15) is 9.59 Å². The molecule has 0 bridgehead atoms. The average molecular weight is 442 g/mol. The number of hydrogen-bond donors (Lipinski definition) is 0. The van der Waals surface area contributed by atoms with E-state index in [1.807, 2.05) is 25.1 Å². The largest absolute Gasteiger partial charge is 0.494 e. The molecule has 0 spiro atoms. The Morgan fingerprint density at radius 2 is 1.97 bits per heavy atom. The van der Waals surface area contributed by atoms with Crippen molar-refractivity contribution in [2.45, 2.75) is 20.4 Å². The van der Waals surface area contributed by atoms with Crippen molar-refractivity contribution < 1.29 is 19.1 Å². The molecule has 9 heteroatoms. The number of nitrogens with zero attached hydrogens (tertiary/aromatic N) is 3. The maximum absolute atomic E-state index is 12.9. The summed E-state index contributed by atoms with van der Waals surface area (Å²) in [5.41, 5.74) is 3.85. The van der Waals surface area contributed by atoms with E-state index in [2.05, 4.69) is 9.98 Å². The minimum Gasteiger partial charge on any atom is -0.494 e. The molecule has 0 atom stereocenters. The van der Waals surface area contributed by atoms with Crippen LogP contribution < -0.4 is 9.54 Å². The minimum atomic E-state index is -0.383. The van der Waals surface area contributed by atoms with Crippen LogP contribution in [0.2, 0.25) is 0 Å². The molecule has 0 aliphatic rings. The lowest BCUT2D eigenvalue weighted by atomic mass is 10.2. The van der Waals surface area contributed by atoms with Gasteiger partial charge in [-0.15, -0.1) is 11.3 Å². The van der Waals surface area contributed by atoms with Crippen molar-refractivity contribution in [2.75, 3.05) is 13.2 Å². The highest BCUT2D eigenvalue weighted by molar-refractivity contribution is 7.17. The summed E-state index contributed by atoms with van der Waals surface area (Å²) in [5.74, 6) is -0.0337. The van der Waals surface area contributed by atoms with E-state index >= 15 is 0 Å². The van der Waals surface area contributed by atoms with Crippen LogP contribution in [0.1, 0.15) is 24.2 Å². The molecule has 30 heavy (non-hydrogen) atoms. The average Bonchev–Trinajstić information content (AvgIpc) is 3.32.